The van der Waals surface area contributed by atoms with Crippen LogP contribution in [0.5, 0.6) is 11.5 Å². The Balaban J connectivity index is 1.63. The molecule has 0 bridgehead atoms. The van der Waals surface area contributed by atoms with E-state index in [0.29, 0.717) is 28.0 Å². The minimum Gasteiger partial charge on any atom is -0.454 e. The van der Waals surface area contributed by atoms with Gasteiger partial charge < -0.3 is 15.2 Å². The summed E-state index contributed by atoms with van der Waals surface area (Å²) in [6.45, 7) is 0.333. The molecule has 1 heterocycles. The molecule has 0 radical (unpaired) electrons. The van der Waals surface area contributed by atoms with Gasteiger partial charge in [-0.15, -0.1) is 0 Å². The van der Waals surface area contributed by atoms with Crippen molar-refractivity contribution >= 4 is 26.5 Å². The number of nitrogen functional groups attached to an aromatic ring is 1. The summed E-state index contributed by atoms with van der Waals surface area (Å²) >= 11 is 0. The first-order valence-electron chi connectivity index (χ1n) is 7.70. The minimum atomic E-state index is -3.69. The Morgan fingerprint density at radius 1 is 0.960 bits per heavy atom. The van der Waals surface area contributed by atoms with E-state index in [4.69, 9.17) is 15.2 Å². The molecule has 0 saturated heterocycles. The van der Waals surface area contributed by atoms with Gasteiger partial charge in [-0.25, -0.2) is 13.1 Å². The maximum absolute atomic E-state index is 12.8. The normalized spacial score (nSPS) is 13.3. The summed E-state index contributed by atoms with van der Waals surface area (Å²) in [6, 6.07) is 15.7. The van der Waals surface area contributed by atoms with Crippen LogP contribution in [-0.2, 0) is 16.6 Å². The van der Waals surface area contributed by atoms with Crippen LogP contribution in [0.3, 0.4) is 0 Å². The molecule has 7 heteroatoms. The van der Waals surface area contributed by atoms with Crippen LogP contribution in [0.25, 0.3) is 10.8 Å². The van der Waals surface area contributed by atoms with Gasteiger partial charge in [-0.05, 0) is 29.8 Å². The van der Waals surface area contributed by atoms with Crippen LogP contribution in [0.15, 0.2) is 59.5 Å². The van der Waals surface area contributed by atoms with Gasteiger partial charge in [0.1, 0.15) is 0 Å². The molecule has 0 atom stereocenters. The van der Waals surface area contributed by atoms with Crippen molar-refractivity contribution in [3.8, 4) is 11.5 Å². The number of benzene rings is 3. The summed E-state index contributed by atoms with van der Waals surface area (Å²) in [6.07, 6.45) is 0. The van der Waals surface area contributed by atoms with Gasteiger partial charge in [0.05, 0.1) is 4.90 Å². The molecule has 0 saturated carbocycles. The van der Waals surface area contributed by atoms with E-state index in [9.17, 15) is 8.42 Å². The summed E-state index contributed by atoms with van der Waals surface area (Å²) in [7, 11) is -3.69. The molecule has 0 aliphatic carbocycles. The highest BCUT2D eigenvalue weighted by molar-refractivity contribution is 7.89. The maximum Gasteiger partial charge on any atom is 0.241 e. The van der Waals surface area contributed by atoms with Crippen molar-refractivity contribution in [1.29, 1.82) is 0 Å². The van der Waals surface area contributed by atoms with E-state index in [1.165, 1.54) is 0 Å². The van der Waals surface area contributed by atoms with Crippen LogP contribution >= 0.6 is 0 Å². The van der Waals surface area contributed by atoms with Gasteiger partial charge >= 0.3 is 0 Å². The Bertz CT molecular complexity index is 1060. The van der Waals surface area contributed by atoms with Gasteiger partial charge in [0.2, 0.25) is 16.8 Å². The van der Waals surface area contributed by atoms with Crippen molar-refractivity contribution in [3.05, 3.63) is 60.2 Å². The van der Waals surface area contributed by atoms with Crippen LogP contribution in [0, 0.1) is 0 Å². The Hall–Kier alpha value is -2.77. The number of hydrogen-bond donors (Lipinski definition) is 2. The number of nitrogens with two attached hydrogens (primary N) is 1. The molecule has 25 heavy (non-hydrogen) atoms. The molecular formula is C18H16N2O4S. The highest BCUT2D eigenvalue weighted by Gasteiger charge is 2.19. The molecule has 1 aliphatic rings. The van der Waals surface area contributed by atoms with E-state index < -0.39 is 10.0 Å². The molecular weight excluding hydrogens is 340 g/mol. The van der Waals surface area contributed by atoms with E-state index in [1.807, 2.05) is 6.07 Å². The largest absolute Gasteiger partial charge is 0.454 e. The second-order valence-corrected chi connectivity index (χ2v) is 7.45. The Kier molecular flexibility index (Phi) is 3.74. The number of ether oxygens (including phenoxy) is 2. The van der Waals surface area contributed by atoms with Crippen molar-refractivity contribution in [2.45, 2.75) is 11.4 Å². The third-order valence-electron chi connectivity index (χ3n) is 4.11. The molecule has 0 fully saturated rings. The molecule has 0 amide bonds. The third-order valence-corrected chi connectivity index (χ3v) is 5.57. The lowest BCUT2D eigenvalue weighted by Gasteiger charge is -2.11. The van der Waals surface area contributed by atoms with Crippen molar-refractivity contribution in [2.24, 2.45) is 0 Å². The van der Waals surface area contributed by atoms with Gasteiger partial charge in [-0.2, -0.15) is 0 Å². The highest BCUT2D eigenvalue weighted by atomic mass is 32.2. The fraction of sp³-hybridized carbons (Fsp3) is 0.111. The summed E-state index contributed by atoms with van der Waals surface area (Å²) in [4.78, 5) is 0.207. The topological polar surface area (TPSA) is 90.7 Å². The molecule has 3 aromatic carbocycles. The van der Waals surface area contributed by atoms with Gasteiger partial charge in [0, 0.05) is 23.0 Å². The fourth-order valence-corrected chi connectivity index (χ4v) is 4.08. The quantitative estimate of drug-likeness (QED) is 0.701. The second kappa shape index (κ2) is 5.94. The second-order valence-electron chi connectivity index (χ2n) is 5.71. The zero-order valence-electron chi connectivity index (χ0n) is 13.2. The van der Waals surface area contributed by atoms with Crippen LogP contribution in [0.2, 0.25) is 0 Å². The van der Waals surface area contributed by atoms with Crippen LogP contribution in [0.4, 0.5) is 5.69 Å². The molecule has 0 aromatic heterocycles. The number of fused-ring (bicyclic) bond motifs is 2. The SMILES string of the molecule is Nc1cccc2c(S(=O)(=O)NCc3ccc4c(c3)OCO4)cccc12. The Labute approximate surface area is 145 Å². The lowest BCUT2D eigenvalue weighted by molar-refractivity contribution is 0.174. The number of rotatable bonds is 4. The van der Waals surface area contributed by atoms with Gasteiger partial charge in [-0.3, -0.25) is 0 Å². The average Bonchev–Trinajstić information content (AvgIpc) is 3.08. The summed E-state index contributed by atoms with van der Waals surface area (Å²) in [5.41, 5.74) is 7.28. The standard InChI is InChI=1S/C18H16N2O4S/c19-15-5-1-4-14-13(15)3-2-6-18(14)25(21,22)20-10-12-7-8-16-17(9-12)24-11-23-16/h1-9,20H,10-11,19H2. The van der Waals surface area contributed by atoms with Gasteiger partial charge in [-0.1, -0.05) is 30.3 Å². The zero-order valence-corrected chi connectivity index (χ0v) is 14.0. The Morgan fingerprint density at radius 2 is 1.72 bits per heavy atom. The average molecular weight is 356 g/mol. The minimum absolute atomic E-state index is 0.150. The Morgan fingerprint density at radius 3 is 2.60 bits per heavy atom. The van der Waals surface area contributed by atoms with E-state index in [-0.39, 0.29) is 18.2 Å². The lowest BCUT2D eigenvalue weighted by atomic mass is 10.1. The van der Waals surface area contributed by atoms with Crippen LogP contribution < -0.4 is 19.9 Å². The third kappa shape index (κ3) is 2.88. The van der Waals surface area contributed by atoms with E-state index in [1.54, 1.807) is 48.5 Å². The van der Waals surface area contributed by atoms with Crippen LogP contribution in [0.1, 0.15) is 5.56 Å². The van der Waals surface area contributed by atoms with Crippen LogP contribution in [-0.4, -0.2) is 15.2 Å². The number of hydrogen-bond acceptors (Lipinski definition) is 5. The first-order valence-corrected chi connectivity index (χ1v) is 9.18. The highest BCUT2D eigenvalue weighted by Crippen LogP contribution is 2.32. The van der Waals surface area contributed by atoms with Gasteiger partial charge in [0.15, 0.2) is 11.5 Å². The number of anilines is 1. The maximum atomic E-state index is 12.8. The van der Waals surface area contributed by atoms with Crippen molar-refractivity contribution in [1.82, 2.24) is 4.72 Å². The molecule has 128 valence electrons. The molecule has 6 nitrogen and oxygen atoms in total. The molecule has 0 unspecified atom stereocenters. The molecule has 3 aromatic rings. The van der Waals surface area contributed by atoms with Crippen molar-refractivity contribution in [2.75, 3.05) is 12.5 Å². The molecule has 1 aliphatic heterocycles. The van der Waals surface area contributed by atoms with Crippen molar-refractivity contribution in [3.63, 3.8) is 0 Å². The van der Waals surface area contributed by atoms with E-state index >= 15 is 0 Å². The molecule has 0 spiro atoms. The number of nitrogens with one attached hydrogen (secondary N) is 1. The first kappa shape index (κ1) is 15.7. The summed E-state index contributed by atoms with van der Waals surface area (Å²) < 4.78 is 38.7. The van der Waals surface area contributed by atoms with Gasteiger partial charge in [0.25, 0.3) is 0 Å². The van der Waals surface area contributed by atoms with Crippen molar-refractivity contribution < 1.29 is 17.9 Å². The predicted octanol–water partition coefficient (Wildman–Crippen LogP) is 2.63. The smallest absolute Gasteiger partial charge is 0.241 e. The lowest BCUT2D eigenvalue weighted by Crippen LogP contribution is -2.23. The fourth-order valence-electron chi connectivity index (χ4n) is 2.85. The van der Waals surface area contributed by atoms with E-state index in [2.05, 4.69) is 4.72 Å². The summed E-state index contributed by atoms with van der Waals surface area (Å²) in [5.74, 6) is 1.28. The summed E-state index contributed by atoms with van der Waals surface area (Å²) in [5, 5.41) is 1.31. The zero-order chi connectivity index (χ0) is 17.4. The predicted molar refractivity (Wildman–Crippen MR) is 95.0 cm³/mol. The molecule has 3 N–H and O–H groups in total. The first-order chi connectivity index (χ1) is 12.0. The molecule has 4 rings (SSSR count). The number of sulfonamides is 1. The monoisotopic (exact) mass is 356 g/mol. The van der Waals surface area contributed by atoms with E-state index in [0.717, 1.165) is 5.56 Å².